The molecule has 1 atom stereocenters. The molecule has 10 heteroatoms. The lowest BCUT2D eigenvalue weighted by Gasteiger charge is -2.21. The third-order valence-corrected chi connectivity index (χ3v) is 6.16. The number of hydrogen-bond donors (Lipinski definition) is 3. The van der Waals surface area contributed by atoms with Gasteiger partial charge in [0.1, 0.15) is 0 Å². The van der Waals surface area contributed by atoms with Crippen LogP contribution in [0.3, 0.4) is 0 Å². The first kappa shape index (κ1) is 25.0. The average molecular weight is 482 g/mol. The molecule has 0 unspecified atom stereocenters. The molecule has 1 aromatic heterocycles. The summed E-state index contributed by atoms with van der Waals surface area (Å²) in [6.07, 6.45) is 0. The molecule has 2 amide bonds. The van der Waals surface area contributed by atoms with Crippen LogP contribution in [0.2, 0.25) is 0 Å². The number of carbonyl (C=O) groups excluding carboxylic acids is 2. The van der Waals surface area contributed by atoms with E-state index in [0.717, 1.165) is 5.56 Å². The summed E-state index contributed by atoms with van der Waals surface area (Å²) in [5, 5.41) is 23.8. The Balaban J connectivity index is 1.65. The van der Waals surface area contributed by atoms with Crippen molar-refractivity contribution in [2.75, 3.05) is 11.1 Å². The largest absolute Gasteiger partial charge is 0.478 e. The van der Waals surface area contributed by atoms with Crippen molar-refractivity contribution in [1.82, 2.24) is 20.1 Å². The van der Waals surface area contributed by atoms with Crippen molar-refractivity contribution in [3.05, 3.63) is 71.0 Å². The Labute approximate surface area is 202 Å². The van der Waals surface area contributed by atoms with Crippen LogP contribution in [0.1, 0.15) is 52.0 Å². The second kappa shape index (κ2) is 11.0. The molecule has 2 aromatic carbocycles. The third-order valence-electron chi connectivity index (χ3n) is 5.14. The van der Waals surface area contributed by atoms with E-state index in [9.17, 15) is 14.4 Å². The first-order valence-electron chi connectivity index (χ1n) is 10.7. The van der Waals surface area contributed by atoms with Gasteiger partial charge in [0.05, 0.1) is 17.4 Å². The summed E-state index contributed by atoms with van der Waals surface area (Å²) in [7, 11) is 1.79. The van der Waals surface area contributed by atoms with Crippen molar-refractivity contribution in [2.45, 2.75) is 32.0 Å². The molecule has 9 nitrogen and oxygen atoms in total. The smallest absolute Gasteiger partial charge is 0.335 e. The number of carbonyl (C=O) groups is 3. The van der Waals surface area contributed by atoms with Gasteiger partial charge in [0.2, 0.25) is 5.91 Å². The van der Waals surface area contributed by atoms with E-state index in [1.54, 1.807) is 35.9 Å². The number of anilines is 1. The summed E-state index contributed by atoms with van der Waals surface area (Å²) >= 11 is 1.20. The van der Waals surface area contributed by atoms with E-state index < -0.39 is 5.97 Å². The molecule has 3 rings (SSSR count). The number of thioether (sulfide) groups is 1. The highest BCUT2D eigenvalue weighted by molar-refractivity contribution is 7.99. The SMILES string of the molecule is Cc1ccc(C(=O)N[C@H](c2nnc(SCC(=O)Nc3cccc(C(=O)O)c3)n2C)C(C)C)cc1. The standard InChI is InChI=1S/C24H27N5O4S/c1-14(2)20(26-22(31)16-10-8-15(3)9-11-16)21-27-28-24(29(21)4)34-13-19(30)25-18-7-5-6-17(12-18)23(32)33/h5-12,14,20H,13H2,1-4H3,(H,25,30)(H,26,31)(H,32,33)/t20-/m0/s1. The van der Waals surface area contributed by atoms with Gasteiger partial charge in [-0.1, -0.05) is 49.4 Å². The van der Waals surface area contributed by atoms with Crippen molar-refractivity contribution < 1.29 is 19.5 Å². The summed E-state index contributed by atoms with van der Waals surface area (Å²) < 4.78 is 1.77. The summed E-state index contributed by atoms with van der Waals surface area (Å²) in [4.78, 5) is 36.2. The van der Waals surface area contributed by atoms with E-state index >= 15 is 0 Å². The molecule has 3 N–H and O–H groups in total. The van der Waals surface area contributed by atoms with Gasteiger partial charge in [-0.05, 0) is 43.2 Å². The van der Waals surface area contributed by atoms with Crippen LogP contribution in [0.25, 0.3) is 0 Å². The van der Waals surface area contributed by atoms with Crippen molar-refractivity contribution in [1.29, 1.82) is 0 Å². The number of hydrogen-bond acceptors (Lipinski definition) is 6. The van der Waals surface area contributed by atoms with E-state index in [-0.39, 0.29) is 35.1 Å². The van der Waals surface area contributed by atoms with E-state index in [4.69, 9.17) is 5.11 Å². The van der Waals surface area contributed by atoms with Crippen LogP contribution in [0, 0.1) is 12.8 Å². The molecule has 3 aromatic rings. The van der Waals surface area contributed by atoms with E-state index in [1.165, 1.54) is 23.9 Å². The average Bonchev–Trinajstić information content (AvgIpc) is 3.16. The van der Waals surface area contributed by atoms with Crippen LogP contribution in [0.15, 0.2) is 53.7 Å². The van der Waals surface area contributed by atoms with Gasteiger partial charge in [0.25, 0.3) is 5.91 Å². The van der Waals surface area contributed by atoms with Crippen LogP contribution in [-0.2, 0) is 11.8 Å². The van der Waals surface area contributed by atoms with Gasteiger partial charge in [-0.25, -0.2) is 4.79 Å². The normalized spacial score (nSPS) is 11.8. The van der Waals surface area contributed by atoms with E-state index in [2.05, 4.69) is 20.8 Å². The molecule has 0 fully saturated rings. The Morgan fingerprint density at radius 3 is 2.41 bits per heavy atom. The fraction of sp³-hybridized carbons (Fsp3) is 0.292. The number of nitrogens with one attached hydrogen (secondary N) is 2. The number of rotatable bonds is 9. The maximum absolute atomic E-state index is 12.8. The summed E-state index contributed by atoms with van der Waals surface area (Å²) in [5.74, 6) is -0.853. The number of aryl methyl sites for hydroxylation is 1. The molecule has 0 bridgehead atoms. The summed E-state index contributed by atoms with van der Waals surface area (Å²) in [5.41, 5.74) is 2.14. The van der Waals surface area contributed by atoms with Crippen LogP contribution in [-0.4, -0.2) is 43.4 Å². The van der Waals surface area contributed by atoms with Crippen LogP contribution in [0.4, 0.5) is 5.69 Å². The molecule has 1 heterocycles. The highest BCUT2D eigenvalue weighted by atomic mass is 32.2. The third kappa shape index (κ3) is 6.22. The topological polar surface area (TPSA) is 126 Å². The Hall–Kier alpha value is -3.66. The first-order chi connectivity index (χ1) is 16.2. The fourth-order valence-corrected chi connectivity index (χ4v) is 3.96. The molecular formula is C24H27N5O4S. The Morgan fingerprint density at radius 1 is 1.06 bits per heavy atom. The number of aromatic carboxylic acids is 1. The molecular weight excluding hydrogens is 454 g/mol. The van der Waals surface area contributed by atoms with Crippen molar-refractivity contribution in [3.63, 3.8) is 0 Å². The molecule has 0 aliphatic rings. The number of nitrogens with zero attached hydrogens (tertiary/aromatic N) is 3. The molecule has 0 saturated carbocycles. The lowest BCUT2D eigenvalue weighted by atomic mass is 10.0. The number of carboxylic acids is 1. The van der Waals surface area contributed by atoms with E-state index in [1.807, 2.05) is 32.9 Å². The van der Waals surface area contributed by atoms with Crippen LogP contribution in [0.5, 0.6) is 0 Å². The predicted molar refractivity (Wildman–Crippen MR) is 130 cm³/mol. The first-order valence-corrected chi connectivity index (χ1v) is 11.7. The zero-order valence-electron chi connectivity index (χ0n) is 19.4. The van der Waals surface area contributed by atoms with E-state index in [0.29, 0.717) is 22.2 Å². The second-order valence-corrected chi connectivity index (χ2v) is 9.13. The lowest BCUT2D eigenvalue weighted by molar-refractivity contribution is -0.113. The predicted octanol–water partition coefficient (Wildman–Crippen LogP) is 3.68. The van der Waals surface area contributed by atoms with Crippen LogP contribution >= 0.6 is 11.8 Å². The van der Waals surface area contributed by atoms with Crippen LogP contribution < -0.4 is 10.6 Å². The molecule has 34 heavy (non-hydrogen) atoms. The van der Waals surface area contributed by atoms with Gasteiger partial charge < -0.3 is 20.3 Å². The minimum Gasteiger partial charge on any atom is -0.478 e. The number of aromatic nitrogens is 3. The molecule has 0 aliphatic carbocycles. The number of amides is 2. The minimum atomic E-state index is -1.06. The van der Waals surface area contributed by atoms with Gasteiger partial charge >= 0.3 is 5.97 Å². The van der Waals surface area contributed by atoms with Crippen molar-refractivity contribution in [3.8, 4) is 0 Å². The Kier molecular flexibility index (Phi) is 8.06. The zero-order chi connectivity index (χ0) is 24.8. The highest BCUT2D eigenvalue weighted by Crippen LogP contribution is 2.24. The fourth-order valence-electron chi connectivity index (χ4n) is 3.24. The monoisotopic (exact) mass is 481 g/mol. The van der Waals surface area contributed by atoms with Gasteiger partial charge in [-0.2, -0.15) is 0 Å². The highest BCUT2D eigenvalue weighted by Gasteiger charge is 2.25. The Bertz CT molecular complexity index is 1190. The molecule has 0 spiro atoms. The van der Waals surface area contributed by atoms with Gasteiger partial charge in [0, 0.05) is 18.3 Å². The van der Waals surface area contributed by atoms with Gasteiger partial charge in [-0.3, -0.25) is 9.59 Å². The zero-order valence-corrected chi connectivity index (χ0v) is 20.2. The molecule has 0 saturated heterocycles. The minimum absolute atomic E-state index is 0.0555. The van der Waals surface area contributed by atoms with Gasteiger partial charge in [-0.15, -0.1) is 10.2 Å². The van der Waals surface area contributed by atoms with Crippen molar-refractivity contribution in [2.24, 2.45) is 13.0 Å². The molecule has 0 aliphatic heterocycles. The lowest BCUT2D eigenvalue weighted by Crippen LogP contribution is -2.33. The number of benzene rings is 2. The van der Waals surface area contributed by atoms with Crippen molar-refractivity contribution >= 4 is 35.2 Å². The van der Waals surface area contributed by atoms with Gasteiger partial charge in [0.15, 0.2) is 11.0 Å². The number of carboxylic acid groups (broad SMARTS) is 1. The maximum atomic E-state index is 12.8. The molecule has 178 valence electrons. The maximum Gasteiger partial charge on any atom is 0.335 e. The quantitative estimate of drug-likeness (QED) is 0.398. The molecule has 0 radical (unpaired) electrons. The Morgan fingerprint density at radius 2 is 1.76 bits per heavy atom. The summed E-state index contributed by atoms with van der Waals surface area (Å²) in [6, 6.07) is 13.0. The summed E-state index contributed by atoms with van der Waals surface area (Å²) in [6.45, 7) is 5.94. The second-order valence-electron chi connectivity index (χ2n) is 8.18.